The number of sulfonamides is 1. The van der Waals surface area contributed by atoms with Crippen LogP contribution in [0.5, 0.6) is 0 Å². The van der Waals surface area contributed by atoms with Crippen LogP contribution < -0.4 is 4.31 Å². The Hall–Kier alpha value is -1.49. The van der Waals surface area contributed by atoms with Gasteiger partial charge >= 0.3 is 12.4 Å². The van der Waals surface area contributed by atoms with Crippen LogP contribution in [0.4, 0.5) is 32.0 Å². The van der Waals surface area contributed by atoms with Crippen LogP contribution in [0, 0.1) is 13.8 Å². The van der Waals surface area contributed by atoms with Crippen molar-refractivity contribution in [3.63, 3.8) is 0 Å². The number of alkyl halides is 6. The monoisotopic (exact) mass is 379 g/mol. The Morgan fingerprint density at radius 2 is 1.29 bits per heavy atom. The van der Waals surface area contributed by atoms with Gasteiger partial charge in [0, 0.05) is 12.6 Å². The molecular formula is C13H15F6NO3S. The van der Waals surface area contributed by atoms with E-state index in [2.05, 4.69) is 0 Å². The molecule has 0 aromatic heterocycles. The van der Waals surface area contributed by atoms with Crippen LogP contribution in [-0.2, 0) is 15.6 Å². The molecule has 0 atom stereocenters. The van der Waals surface area contributed by atoms with Crippen LogP contribution in [0.2, 0.25) is 0 Å². The van der Waals surface area contributed by atoms with Crippen molar-refractivity contribution in [2.45, 2.75) is 31.8 Å². The number of hydrogen-bond acceptors (Lipinski definition) is 3. The first-order valence-electron chi connectivity index (χ1n) is 6.36. The Morgan fingerprint density at radius 1 is 0.958 bits per heavy atom. The second-order valence-electron chi connectivity index (χ2n) is 5.40. The fourth-order valence-corrected chi connectivity index (χ4v) is 2.93. The first-order valence-corrected chi connectivity index (χ1v) is 8.21. The van der Waals surface area contributed by atoms with Crippen molar-refractivity contribution in [1.82, 2.24) is 0 Å². The van der Waals surface area contributed by atoms with Gasteiger partial charge in [-0.2, -0.15) is 26.3 Å². The van der Waals surface area contributed by atoms with Crippen LogP contribution >= 0.6 is 0 Å². The third-order valence-electron chi connectivity index (χ3n) is 3.54. The highest BCUT2D eigenvalue weighted by molar-refractivity contribution is 7.92. The zero-order chi connectivity index (χ0) is 19.3. The molecule has 1 aromatic rings. The van der Waals surface area contributed by atoms with Gasteiger partial charge in [-0.1, -0.05) is 12.1 Å². The maximum Gasteiger partial charge on any atom is 0.430 e. The lowest BCUT2D eigenvalue weighted by Gasteiger charge is -2.34. The van der Waals surface area contributed by atoms with Gasteiger partial charge in [0.25, 0.3) is 5.60 Å². The van der Waals surface area contributed by atoms with Gasteiger partial charge in [0.05, 0.1) is 11.9 Å². The van der Waals surface area contributed by atoms with Crippen molar-refractivity contribution in [3.05, 3.63) is 28.8 Å². The van der Waals surface area contributed by atoms with E-state index in [1.54, 1.807) is 0 Å². The molecule has 0 spiro atoms. The van der Waals surface area contributed by atoms with E-state index in [1.807, 2.05) is 0 Å². The minimum Gasteiger partial charge on any atom is -0.369 e. The van der Waals surface area contributed by atoms with Crippen LogP contribution in [0.25, 0.3) is 0 Å². The molecule has 0 aliphatic heterocycles. The fraction of sp³-hybridized carbons (Fsp3) is 0.538. The highest BCUT2D eigenvalue weighted by Gasteiger charge is 2.71. The predicted octanol–water partition coefficient (Wildman–Crippen LogP) is 3.01. The molecule has 0 aliphatic rings. The highest BCUT2D eigenvalue weighted by atomic mass is 32.2. The van der Waals surface area contributed by atoms with Gasteiger partial charge in [0.15, 0.2) is 0 Å². The molecule has 24 heavy (non-hydrogen) atoms. The van der Waals surface area contributed by atoms with Crippen molar-refractivity contribution < 1.29 is 39.9 Å². The summed E-state index contributed by atoms with van der Waals surface area (Å²) in [6, 6.07) is 0.954. The van der Waals surface area contributed by atoms with Crippen LogP contribution in [0.1, 0.15) is 16.7 Å². The van der Waals surface area contributed by atoms with E-state index in [4.69, 9.17) is 0 Å². The molecule has 1 aromatic carbocycles. The van der Waals surface area contributed by atoms with E-state index in [1.165, 1.54) is 0 Å². The number of rotatable bonds is 3. The summed E-state index contributed by atoms with van der Waals surface area (Å²) in [5.74, 6) is 0. The summed E-state index contributed by atoms with van der Waals surface area (Å²) in [5.41, 5.74) is -6.87. The molecule has 0 fully saturated rings. The van der Waals surface area contributed by atoms with Crippen molar-refractivity contribution in [3.8, 4) is 0 Å². The molecule has 11 heteroatoms. The smallest absolute Gasteiger partial charge is 0.369 e. The topological polar surface area (TPSA) is 57.6 Å². The van der Waals surface area contributed by atoms with Gasteiger partial charge < -0.3 is 5.11 Å². The lowest BCUT2D eigenvalue weighted by Crippen LogP contribution is -2.54. The number of aryl methyl sites for hydroxylation is 2. The molecule has 1 N–H and O–H groups in total. The second-order valence-corrected chi connectivity index (χ2v) is 7.41. The van der Waals surface area contributed by atoms with Gasteiger partial charge in [-0.05, 0) is 25.0 Å². The van der Waals surface area contributed by atoms with E-state index < -0.39 is 33.5 Å². The summed E-state index contributed by atoms with van der Waals surface area (Å²) in [6.07, 6.45) is -11.2. The lowest BCUT2D eigenvalue weighted by molar-refractivity contribution is -0.376. The summed E-state index contributed by atoms with van der Waals surface area (Å²) in [4.78, 5) is 0. The maximum atomic E-state index is 12.9. The molecule has 0 aliphatic carbocycles. The maximum absolute atomic E-state index is 12.9. The molecule has 4 nitrogen and oxygen atoms in total. The summed E-state index contributed by atoms with van der Waals surface area (Å²) < 4.78 is 101. The average Bonchev–Trinajstić information content (AvgIpc) is 2.32. The number of benzene rings is 1. The summed E-state index contributed by atoms with van der Waals surface area (Å²) in [7, 11) is -2.66. The first kappa shape index (κ1) is 20.6. The minimum atomic E-state index is -6.01. The van der Waals surface area contributed by atoms with E-state index in [-0.39, 0.29) is 16.8 Å². The number of nitrogens with zero attached hydrogens (tertiary/aromatic N) is 1. The molecule has 1 rings (SSSR count). The van der Waals surface area contributed by atoms with Crippen LogP contribution in [0.3, 0.4) is 0 Å². The zero-order valence-corrected chi connectivity index (χ0v) is 13.9. The first-order chi connectivity index (χ1) is 10.4. The average molecular weight is 379 g/mol. The standard InChI is InChI=1S/C13H15F6NO3S/c1-7-5-9(11(21,12(14,15)16)13(17,18)19)6-8(2)10(7)20(3)24(4,22)23/h5-6,21H,1-4H3. The van der Waals surface area contributed by atoms with E-state index in [0.29, 0.717) is 12.1 Å². The van der Waals surface area contributed by atoms with Crippen LogP contribution in [-0.4, -0.2) is 39.2 Å². The zero-order valence-electron chi connectivity index (χ0n) is 13.0. The highest BCUT2D eigenvalue weighted by Crippen LogP contribution is 2.50. The number of aliphatic hydroxyl groups is 1. The van der Waals surface area contributed by atoms with E-state index >= 15 is 0 Å². The Morgan fingerprint density at radius 3 is 1.54 bits per heavy atom. The van der Waals surface area contributed by atoms with Crippen molar-refractivity contribution in [2.24, 2.45) is 0 Å². The third-order valence-corrected chi connectivity index (χ3v) is 4.72. The summed E-state index contributed by atoms with van der Waals surface area (Å²) in [6.45, 7) is 2.31. The largest absolute Gasteiger partial charge is 0.430 e. The summed E-state index contributed by atoms with van der Waals surface area (Å²) in [5, 5.41) is 9.41. The van der Waals surface area contributed by atoms with E-state index in [9.17, 15) is 39.9 Å². The Labute approximate surface area is 134 Å². The summed E-state index contributed by atoms with van der Waals surface area (Å²) >= 11 is 0. The molecule has 0 bridgehead atoms. The van der Waals surface area contributed by atoms with E-state index in [0.717, 1.165) is 31.5 Å². The molecular weight excluding hydrogens is 364 g/mol. The quantitative estimate of drug-likeness (QED) is 0.822. The third kappa shape index (κ3) is 3.32. The second kappa shape index (κ2) is 5.80. The number of halogens is 6. The Bertz CT molecular complexity index is 702. The molecule has 138 valence electrons. The number of anilines is 1. The molecule has 0 radical (unpaired) electrons. The SMILES string of the molecule is Cc1cc(C(O)(C(F)(F)F)C(F)(F)F)cc(C)c1N(C)S(C)(=O)=O. The van der Waals surface area contributed by atoms with Gasteiger partial charge in [0.1, 0.15) is 0 Å². The molecule has 0 unspecified atom stereocenters. The van der Waals surface area contributed by atoms with Gasteiger partial charge in [0.2, 0.25) is 10.0 Å². The Kier molecular flexibility index (Phi) is 4.96. The minimum absolute atomic E-state index is 0.0621. The van der Waals surface area contributed by atoms with Gasteiger partial charge in [-0.15, -0.1) is 0 Å². The van der Waals surface area contributed by atoms with Crippen molar-refractivity contribution in [2.75, 3.05) is 17.6 Å². The normalized spacial score (nSPS) is 14.0. The van der Waals surface area contributed by atoms with Crippen LogP contribution in [0.15, 0.2) is 12.1 Å². The lowest BCUT2D eigenvalue weighted by atomic mass is 9.89. The molecule has 0 amide bonds. The molecule has 0 saturated heterocycles. The number of hydrogen-bond donors (Lipinski definition) is 1. The molecule has 0 saturated carbocycles. The van der Waals surface area contributed by atoms with Gasteiger partial charge in [-0.3, -0.25) is 4.31 Å². The van der Waals surface area contributed by atoms with Crippen molar-refractivity contribution in [1.29, 1.82) is 0 Å². The fourth-order valence-electron chi connectivity index (χ4n) is 2.32. The van der Waals surface area contributed by atoms with Gasteiger partial charge in [-0.25, -0.2) is 8.42 Å². The van der Waals surface area contributed by atoms with Crippen molar-refractivity contribution >= 4 is 15.7 Å². The molecule has 0 heterocycles. The Balaban J connectivity index is 3.71. The predicted molar refractivity (Wildman–Crippen MR) is 75.2 cm³/mol.